The van der Waals surface area contributed by atoms with Gasteiger partial charge in [-0.25, -0.2) is 0 Å². The first kappa shape index (κ1) is 23.8. The van der Waals surface area contributed by atoms with Crippen molar-refractivity contribution in [1.29, 1.82) is 0 Å². The average Bonchev–Trinajstić information content (AvgIpc) is 2.79. The molecule has 0 saturated heterocycles. The minimum atomic E-state index is 0.334. The monoisotopic (exact) mass is 540 g/mol. The number of hydrogen-bond donors (Lipinski definition) is 0. The second kappa shape index (κ2) is 12.3. The first-order valence-corrected chi connectivity index (χ1v) is 10.3. The zero-order valence-electron chi connectivity index (χ0n) is 17.1. The fraction of sp³-hybridized carbons (Fsp3) is 0.273. The number of halogens is 2. The summed E-state index contributed by atoms with van der Waals surface area (Å²) in [4.78, 5) is 2.57. The molecule has 0 bridgehead atoms. The standard InChI is InChI=1S/2C11H11BrO3/c1-13-10-5-7-8(12)3-4-15-9(7)6-11(10)14-2;1-13-10-5-4-9(8-11(10)14-2)15-7-3-6-12/h3,5-6H,4H2,1-2H3;4-5,8H,7H2,1-2H3. The Morgan fingerprint density at radius 1 is 0.900 bits per heavy atom. The maximum absolute atomic E-state index is 5.49. The molecule has 1 aliphatic rings. The second-order valence-corrected chi connectivity index (χ2v) is 6.89. The van der Waals surface area contributed by atoms with E-state index >= 15 is 0 Å². The molecule has 0 amide bonds. The summed E-state index contributed by atoms with van der Waals surface area (Å²) in [6.07, 6.45) is 1.97. The van der Waals surface area contributed by atoms with Crippen LogP contribution in [-0.2, 0) is 0 Å². The summed E-state index contributed by atoms with van der Waals surface area (Å²) in [7, 11) is 6.40. The molecule has 2 aromatic rings. The van der Waals surface area contributed by atoms with Crippen LogP contribution in [0, 0.1) is 10.8 Å². The maximum Gasteiger partial charge on any atom is 0.164 e. The molecule has 0 saturated carbocycles. The Morgan fingerprint density at radius 2 is 1.53 bits per heavy atom. The lowest BCUT2D eigenvalue weighted by Crippen LogP contribution is -2.03. The van der Waals surface area contributed by atoms with Gasteiger partial charge in [-0.05, 0) is 35.0 Å². The normalized spacial score (nSPS) is 11.2. The second-order valence-electron chi connectivity index (χ2n) is 5.64. The first-order chi connectivity index (χ1) is 14.6. The summed E-state index contributed by atoms with van der Waals surface area (Å²) in [6.45, 7) is 0.907. The largest absolute Gasteiger partial charge is 0.493 e. The van der Waals surface area contributed by atoms with Crippen LogP contribution in [0.2, 0.25) is 0 Å². The molecule has 0 aliphatic carbocycles. The summed E-state index contributed by atoms with van der Waals surface area (Å²) >= 11 is 6.47. The van der Waals surface area contributed by atoms with Gasteiger partial charge in [-0.3, -0.25) is 0 Å². The quantitative estimate of drug-likeness (QED) is 0.464. The topological polar surface area (TPSA) is 55.4 Å². The van der Waals surface area contributed by atoms with Crippen molar-refractivity contribution in [2.24, 2.45) is 0 Å². The van der Waals surface area contributed by atoms with Gasteiger partial charge in [0.15, 0.2) is 23.0 Å². The van der Waals surface area contributed by atoms with Gasteiger partial charge in [0.05, 0.1) is 28.4 Å². The molecule has 30 heavy (non-hydrogen) atoms. The minimum Gasteiger partial charge on any atom is -0.493 e. The molecule has 0 spiro atoms. The van der Waals surface area contributed by atoms with Gasteiger partial charge in [0, 0.05) is 38.1 Å². The molecule has 2 aromatic carbocycles. The van der Waals surface area contributed by atoms with Crippen LogP contribution in [0.15, 0.2) is 36.4 Å². The third-order valence-electron chi connectivity index (χ3n) is 3.98. The van der Waals surface area contributed by atoms with Gasteiger partial charge in [0.2, 0.25) is 0 Å². The van der Waals surface area contributed by atoms with Crippen molar-refractivity contribution in [1.82, 2.24) is 0 Å². The Kier molecular flexibility index (Phi) is 9.71. The minimum absolute atomic E-state index is 0.334. The van der Waals surface area contributed by atoms with Crippen LogP contribution < -0.4 is 28.4 Å². The molecular weight excluding hydrogens is 520 g/mol. The highest BCUT2D eigenvalue weighted by Crippen LogP contribution is 2.41. The van der Waals surface area contributed by atoms with Crippen LogP contribution in [0.25, 0.3) is 4.48 Å². The Labute approximate surface area is 193 Å². The lowest BCUT2D eigenvalue weighted by atomic mass is 10.1. The molecular formula is C22H22Br2O6. The Bertz CT molecular complexity index is 947. The fourth-order valence-corrected chi connectivity index (χ4v) is 3.09. The van der Waals surface area contributed by atoms with Gasteiger partial charge in [-0.1, -0.05) is 15.9 Å². The van der Waals surface area contributed by atoms with Crippen molar-refractivity contribution in [2.75, 3.05) is 41.7 Å². The third-order valence-corrected chi connectivity index (χ3v) is 5.01. The van der Waals surface area contributed by atoms with Crippen LogP contribution in [-0.4, -0.2) is 41.7 Å². The zero-order chi connectivity index (χ0) is 21.9. The van der Waals surface area contributed by atoms with Crippen molar-refractivity contribution in [3.63, 3.8) is 0 Å². The van der Waals surface area contributed by atoms with Gasteiger partial charge >= 0.3 is 0 Å². The van der Waals surface area contributed by atoms with Crippen molar-refractivity contribution >= 4 is 36.3 Å². The Balaban J connectivity index is 0.000000214. The van der Waals surface area contributed by atoms with Gasteiger partial charge in [-0.15, -0.1) is 0 Å². The lowest BCUT2D eigenvalue weighted by Gasteiger charge is -2.18. The number of ether oxygens (including phenoxy) is 6. The van der Waals surface area contributed by atoms with E-state index in [-0.39, 0.29) is 0 Å². The van der Waals surface area contributed by atoms with E-state index < -0.39 is 0 Å². The molecule has 0 radical (unpaired) electrons. The van der Waals surface area contributed by atoms with E-state index in [0.717, 1.165) is 15.8 Å². The van der Waals surface area contributed by atoms with E-state index in [1.165, 1.54) is 0 Å². The SMILES string of the molecule is COc1cc2c(cc1OC)C(Br)=CCO2.COc1ccc(OCC#CBr)cc1OC. The molecule has 0 aromatic heterocycles. The van der Waals surface area contributed by atoms with Crippen LogP contribution >= 0.6 is 31.9 Å². The van der Waals surface area contributed by atoms with Gasteiger partial charge in [-0.2, -0.15) is 0 Å². The van der Waals surface area contributed by atoms with E-state index in [4.69, 9.17) is 28.4 Å². The van der Waals surface area contributed by atoms with E-state index in [0.29, 0.717) is 42.0 Å². The summed E-state index contributed by atoms with van der Waals surface area (Å²) in [6, 6.07) is 9.08. The summed E-state index contributed by atoms with van der Waals surface area (Å²) in [5.74, 6) is 6.94. The highest BCUT2D eigenvalue weighted by atomic mass is 79.9. The van der Waals surface area contributed by atoms with Crippen molar-refractivity contribution in [3.05, 3.63) is 42.0 Å². The van der Waals surface area contributed by atoms with Crippen LogP contribution in [0.3, 0.4) is 0 Å². The fourth-order valence-electron chi connectivity index (χ4n) is 2.53. The van der Waals surface area contributed by atoms with E-state index in [1.807, 2.05) is 18.2 Å². The predicted molar refractivity (Wildman–Crippen MR) is 124 cm³/mol. The molecule has 160 valence electrons. The van der Waals surface area contributed by atoms with Crippen LogP contribution in [0.1, 0.15) is 5.56 Å². The van der Waals surface area contributed by atoms with Crippen LogP contribution in [0.5, 0.6) is 34.5 Å². The van der Waals surface area contributed by atoms with E-state index in [9.17, 15) is 0 Å². The molecule has 8 heteroatoms. The van der Waals surface area contributed by atoms with Gasteiger partial charge < -0.3 is 28.4 Å². The number of benzene rings is 2. The molecule has 0 N–H and O–H groups in total. The zero-order valence-corrected chi connectivity index (χ0v) is 20.3. The van der Waals surface area contributed by atoms with E-state index in [2.05, 4.69) is 42.6 Å². The maximum atomic E-state index is 5.49. The van der Waals surface area contributed by atoms with Crippen molar-refractivity contribution in [3.8, 4) is 45.2 Å². The molecule has 0 atom stereocenters. The van der Waals surface area contributed by atoms with Gasteiger partial charge in [0.1, 0.15) is 24.7 Å². The number of fused-ring (bicyclic) bond motifs is 1. The molecule has 1 aliphatic heterocycles. The Morgan fingerprint density at radius 3 is 2.17 bits per heavy atom. The van der Waals surface area contributed by atoms with Gasteiger partial charge in [0.25, 0.3) is 0 Å². The number of rotatable bonds is 6. The summed E-state index contributed by atoms with van der Waals surface area (Å²) in [5, 5.41) is 0. The van der Waals surface area contributed by atoms with Crippen molar-refractivity contribution in [2.45, 2.75) is 0 Å². The molecule has 0 fully saturated rings. The average molecular weight is 542 g/mol. The summed E-state index contributed by atoms with van der Waals surface area (Å²) in [5.41, 5.74) is 0.985. The van der Waals surface area contributed by atoms with Crippen LogP contribution in [0.4, 0.5) is 0 Å². The Hall–Kier alpha value is -2.50. The highest BCUT2D eigenvalue weighted by molar-refractivity contribution is 9.15. The molecule has 0 unspecified atom stereocenters. The lowest BCUT2D eigenvalue weighted by molar-refractivity contribution is 0.336. The number of methoxy groups -OCH3 is 4. The third kappa shape index (κ3) is 6.25. The predicted octanol–water partition coefficient (Wildman–Crippen LogP) is 5.27. The highest BCUT2D eigenvalue weighted by Gasteiger charge is 2.16. The van der Waals surface area contributed by atoms with E-state index in [1.54, 1.807) is 46.6 Å². The van der Waals surface area contributed by atoms with Crippen molar-refractivity contribution < 1.29 is 28.4 Å². The molecule has 3 rings (SSSR count). The molecule has 1 heterocycles. The smallest absolute Gasteiger partial charge is 0.164 e. The summed E-state index contributed by atoms with van der Waals surface area (Å²) < 4.78 is 32.5. The number of hydrogen-bond acceptors (Lipinski definition) is 6. The first-order valence-electron chi connectivity index (χ1n) is 8.76. The molecule has 6 nitrogen and oxygen atoms in total.